The number of aromatic amines is 1. The molecule has 0 saturated heterocycles. The average Bonchev–Trinajstić information content (AvgIpc) is 3.12. The van der Waals surface area contributed by atoms with Crippen molar-refractivity contribution in [2.75, 3.05) is 21.3 Å². The highest BCUT2D eigenvalue weighted by Crippen LogP contribution is 2.43. The van der Waals surface area contributed by atoms with E-state index in [4.69, 9.17) is 25.8 Å². The maximum atomic E-state index is 12.7. The lowest BCUT2D eigenvalue weighted by molar-refractivity contribution is 0.0936. The highest BCUT2D eigenvalue weighted by molar-refractivity contribution is 6.31. The second kappa shape index (κ2) is 8.44. The molecule has 2 N–H and O–H groups in total. The Morgan fingerprint density at radius 2 is 1.82 bits per heavy atom. The summed E-state index contributed by atoms with van der Waals surface area (Å²) in [5, 5.41) is 4.48. The first-order valence-electron chi connectivity index (χ1n) is 8.84. The van der Waals surface area contributed by atoms with Gasteiger partial charge in [0.15, 0.2) is 11.5 Å². The van der Waals surface area contributed by atoms with Crippen molar-refractivity contribution in [2.45, 2.75) is 19.4 Å². The third-order valence-corrected chi connectivity index (χ3v) is 4.89. The number of methoxy groups -OCH3 is 3. The molecule has 1 unspecified atom stereocenters. The van der Waals surface area contributed by atoms with Gasteiger partial charge in [-0.25, -0.2) is 0 Å². The number of nitrogens with one attached hydrogen (secondary N) is 2. The average molecular weight is 403 g/mol. The Bertz CT molecular complexity index is 999. The highest BCUT2D eigenvalue weighted by atomic mass is 35.5. The van der Waals surface area contributed by atoms with E-state index in [2.05, 4.69) is 10.3 Å². The molecule has 0 fully saturated rings. The van der Waals surface area contributed by atoms with Crippen LogP contribution in [-0.4, -0.2) is 38.3 Å². The number of fused-ring (bicyclic) bond motifs is 1. The van der Waals surface area contributed by atoms with Gasteiger partial charge < -0.3 is 24.5 Å². The number of carbonyl (C=O) groups excluding carboxylic acids is 1. The van der Waals surface area contributed by atoms with Gasteiger partial charge in [0.2, 0.25) is 5.75 Å². The number of benzene rings is 2. The zero-order chi connectivity index (χ0) is 20.3. The second-order valence-electron chi connectivity index (χ2n) is 6.46. The Kier molecular flexibility index (Phi) is 5.99. The van der Waals surface area contributed by atoms with Crippen LogP contribution in [0.1, 0.15) is 23.0 Å². The summed E-state index contributed by atoms with van der Waals surface area (Å²) in [7, 11) is 4.64. The van der Waals surface area contributed by atoms with Crippen molar-refractivity contribution in [3.8, 4) is 17.2 Å². The first-order valence-corrected chi connectivity index (χ1v) is 9.22. The topological polar surface area (TPSA) is 72.6 Å². The SMILES string of the molecule is COc1cc2cc(C(=O)NC(C)Cc3ccccc3Cl)[nH]c2c(OC)c1OC. The van der Waals surface area contributed by atoms with Crippen LogP contribution in [0.5, 0.6) is 17.2 Å². The summed E-state index contributed by atoms with van der Waals surface area (Å²) in [6, 6.07) is 11.1. The van der Waals surface area contributed by atoms with Crippen LogP contribution in [0.2, 0.25) is 5.02 Å². The maximum Gasteiger partial charge on any atom is 0.267 e. The molecule has 0 spiro atoms. The number of ether oxygens (including phenoxy) is 3. The van der Waals surface area contributed by atoms with Gasteiger partial charge in [0.1, 0.15) is 5.69 Å². The molecule has 28 heavy (non-hydrogen) atoms. The summed E-state index contributed by atoms with van der Waals surface area (Å²) in [6.07, 6.45) is 0.636. The summed E-state index contributed by atoms with van der Waals surface area (Å²) in [4.78, 5) is 15.9. The van der Waals surface area contributed by atoms with E-state index >= 15 is 0 Å². The molecule has 1 atom stereocenters. The molecule has 1 heterocycles. The number of hydrogen-bond donors (Lipinski definition) is 2. The molecule has 3 rings (SSSR count). The van der Waals surface area contributed by atoms with Crippen LogP contribution < -0.4 is 19.5 Å². The summed E-state index contributed by atoms with van der Waals surface area (Å²) < 4.78 is 16.2. The lowest BCUT2D eigenvalue weighted by atomic mass is 10.1. The minimum atomic E-state index is -0.212. The molecule has 0 aliphatic carbocycles. The van der Waals surface area contributed by atoms with Crippen molar-refractivity contribution < 1.29 is 19.0 Å². The van der Waals surface area contributed by atoms with Gasteiger partial charge in [-0.1, -0.05) is 29.8 Å². The van der Waals surface area contributed by atoms with Gasteiger partial charge in [-0.15, -0.1) is 0 Å². The molecule has 7 heteroatoms. The van der Waals surface area contributed by atoms with Gasteiger partial charge in [-0.05, 0) is 37.1 Å². The van der Waals surface area contributed by atoms with E-state index in [1.54, 1.807) is 33.5 Å². The largest absolute Gasteiger partial charge is 0.493 e. The number of amides is 1. The van der Waals surface area contributed by atoms with Crippen LogP contribution >= 0.6 is 11.6 Å². The molecule has 0 aliphatic heterocycles. The minimum absolute atomic E-state index is 0.0928. The van der Waals surface area contributed by atoms with E-state index < -0.39 is 0 Å². The van der Waals surface area contributed by atoms with E-state index in [9.17, 15) is 4.79 Å². The van der Waals surface area contributed by atoms with Crippen LogP contribution in [0.25, 0.3) is 10.9 Å². The van der Waals surface area contributed by atoms with Crippen molar-refractivity contribution in [1.82, 2.24) is 10.3 Å². The van der Waals surface area contributed by atoms with Crippen LogP contribution in [0.3, 0.4) is 0 Å². The van der Waals surface area contributed by atoms with Crippen molar-refractivity contribution in [3.63, 3.8) is 0 Å². The summed E-state index contributed by atoms with van der Waals surface area (Å²) >= 11 is 6.21. The Morgan fingerprint density at radius 3 is 2.46 bits per heavy atom. The van der Waals surface area contributed by atoms with Crippen LogP contribution in [0, 0.1) is 0 Å². The highest BCUT2D eigenvalue weighted by Gasteiger charge is 2.20. The van der Waals surface area contributed by atoms with Gasteiger partial charge in [0, 0.05) is 16.5 Å². The van der Waals surface area contributed by atoms with Crippen LogP contribution in [-0.2, 0) is 6.42 Å². The fourth-order valence-corrected chi connectivity index (χ4v) is 3.43. The fourth-order valence-electron chi connectivity index (χ4n) is 3.21. The lowest BCUT2D eigenvalue weighted by Gasteiger charge is -2.14. The van der Waals surface area contributed by atoms with E-state index in [1.807, 2.05) is 31.2 Å². The number of rotatable bonds is 7. The second-order valence-corrected chi connectivity index (χ2v) is 6.87. The number of carbonyl (C=O) groups is 1. The van der Waals surface area contributed by atoms with Gasteiger partial charge in [-0.2, -0.15) is 0 Å². The van der Waals surface area contributed by atoms with Gasteiger partial charge in [0.25, 0.3) is 5.91 Å². The molecule has 0 saturated carbocycles. The predicted octanol–water partition coefficient (Wildman–Crippen LogP) is 4.21. The number of H-pyrrole nitrogens is 1. The van der Waals surface area contributed by atoms with E-state index in [1.165, 1.54) is 0 Å². The fraction of sp³-hybridized carbons (Fsp3) is 0.286. The number of aromatic nitrogens is 1. The molecular formula is C21H23ClN2O4. The molecule has 0 radical (unpaired) electrons. The Hall–Kier alpha value is -2.86. The smallest absolute Gasteiger partial charge is 0.267 e. The molecular weight excluding hydrogens is 380 g/mol. The standard InChI is InChI=1S/C21H23ClN2O4/c1-12(9-13-7-5-6-8-15(13)22)23-21(25)16-10-14-11-17(26-2)19(27-3)20(28-4)18(14)24-16/h5-8,10-12,24H,9H2,1-4H3,(H,23,25). The number of halogens is 1. The van der Waals surface area contributed by atoms with Crippen LogP contribution in [0.15, 0.2) is 36.4 Å². The normalized spacial score (nSPS) is 11.9. The van der Waals surface area contributed by atoms with Crippen molar-refractivity contribution >= 4 is 28.4 Å². The summed E-state index contributed by atoms with van der Waals surface area (Å²) in [5.41, 5.74) is 2.09. The first-order chi connectivity index (χ1) is 13.5. The third-order valence-electron chi connectivity index (χ3n) is 4.53. The van der Waals surface area contributed by atoms with E-state index in [0.29, 0.717) is 39.9 Å². The molecule has 148 valence electrons. The monoisotopic (exact) mass is 402 g/mol. The number of hydrogen-bond acceptors (Lipinski definition) is 4. The Balaban J connectivity index is 1.85. The van der Waals surface area contributed by atoms with Gasteiger partial charge in [0.05, 0.1) is 26.8 Å². The summed E-state index contributed by atoms with van der Waals surface area (Å²) in [5.74, 6) is 1.28. The molecule has 1 aromatic heterocycles. The maximum absolute atomic E-state index is 12.7. The molecule has 0 bridgehead atoms. The molecule has 2 aromatic carbocycles. The zero-order valence-electron chi connectivity index (χ0n) is 16.3. The summed E-state index contributed by atoms with van der Waals surface area (Å²) in [6.45, 7) is 1.94. The van der Waals surface area contributed by atoms with Crippen molar-refractivity contribution in [1.29, 1.82) is 0 Å². The van der Waals surface area contributed by atoms with E-state index in [-0.39, 0.29) is 11.9 Å². The van der Waals surface area contributed by atoms with Gasteiger partial charge in [-0.3, -0.25) is 4.79 Å². The van der Waals surface area contributed by atoms with Crippen molar-refractivity contribution in [2.24, 2.45) is 0 Å². The predicted molar refractivity (Wildman–Crippen MR) is 110 cm³/mol. The molecule has 6 nitrogen and oxygen atoms in total. The quantitative estimate of drug-likeness (QED) is 0.621. The Morgan fingerprint density at radius 1 is 1.11 bits per heavy atom. The molecule has 1 amide bonds. The first kappa shape index (κ1) is 19.9. The minimum Gasteiger partial charge on any atom is -0.493 e. The van der Waals surface area contributed by atoms with Crippen molar-refractivity contribution in [3.05, 3.63) is 52.7 Å². The third kappa shape index (κ3) is 3.87. The van der Waals surface area contributed by atoms with Gasteiger partial charge >= 0.3 is 0 Å². The lowest BCUT2D eigenvalue weighted by Crippen LogP contribution is -2.34. The molecule has 0 aliphatic rings. The molecule has 3 aromatic rings. The van der Waals surface area contributed by atoms with E-state index in [0.717, 1.165) is 10.9 Å². The Labute approximate surface area is 168 Å². The zero-order valence-corrected chi connectivity index (χ0v) is 17.0. The van der Waals surface area contributed by atoms with Crippen LogP contribution in [0.4, 0.5) is 0 Å².